The first-order valence-corrected chi connectivity index (χ1v) is 6.88. The highest BCUT2D eigenvalue weighted by atomic mass is 33.1. The Balaban J connectivity index is 2.60. The minimum atomic E-state index is -0.152. The third kappa shape index (κ3) is 2.34. The quantitative estimate of drug-likeness (QED) is 0.661. The van der Waals surface area contributed by atoms with Gasteiger partial charge in [0.1, 0.15) is 0 Å². The lowest BCUT2D eigenvalue weighted by molar-refractivity contribution is 0.0256. The molecule has 70 valence electrons. The standard InChI is InChI=1S/C8H15NOS2/c1-5-10-8(2,3)7-6-9-12(4)11-7/h6H,5H2,1-4H3. The number of rotatable bonds is 3. The van der Waals surface area contributed by atoms with Gasteiger partial charge in [-0.15, -0.1) is 0 Å². The molecule has 0 aromatic carbocycles. The van der Waals surface area contributed by atoms with Gasteiger partial charge < -0.3 is 4.74 Å². The van der Waals surface area contributed by atoms with E-state index < -0.39 is 0 Å². The summed E-state index contributed by atoms with van der Waals surface area (Å²) in [4.78, 5) is 1.25. The van der Waals surface area contributed by atoms with Gasteiger partial charge in [0.2, 0.25) is 0 Å². The molecule has 0 aromatic heterocycles. The topological polar surface area (TPSA) is 21.6 Å². The van der Waals surface area contributed by atoms with Gasteiger partial charge in [0.15, 0.2) is 0 Å². The third-order valence-electron chi connectivity index (χ3n) is 1.63. The lowest BCUT2D eigenvalue weighted by Crippen LogP contribution is -2.25. The van der Waals surface area contributed by atoms with E-state index in [1.54, 1.807) is 0 Å². The van der Waals surface area contributed by atoms with Gasteiger partial charge in [-0.25, -0.2) is 4.36 Å². The molecule has 1 aliphatic rings. The summed E-state index contributed by atoms with van der Waals surface area (Å²) >= 11 is 0. The third-order valence-corrected chi connectivity index (χ3v) is 4.57. The molecule has 0 spiro atoms. The fourth-order valence-electron chi connectivity index (χ4n) is 0.983. The molecule has 4 heteroatoms. The SMILES string of the molecule is CCOC(C)(C)C1=CN=S(C)S1. The summed E-state index contributed by atoms with van der Waals surface area (Å²) in [6.45, 7) is 6.95. The maximum atomic E-state index is 5.62. The Morgan fingerprint density at radius 3 is 2.75 bits per heavy atom. The van der Waals surface area contributed by atoms with E-state index in [0.29, 0.717) is 0 Å². The number of hydrogen-bond acceptors (Lipinski definition) is 3. The van der Waals surface area contributed by atoms with E-state index in [1.165, 1.54) is 4.91 Å². The van der Waals surface area contributed by atoms with Gasteiger partial charge in [-0.3, -0.25) is 0 Å². The van der Waals surface area contributed by atoms with Gasteiger partial charge in [0.25, 0.3) is 0 Å². The molecule has 0 fully saturated rings. The molecule has 1 unspecified atom stereocenters. The van der Waals surface area contributed by atoms with Crippen LogP contribution in [-0.4, -0.2) is 18.5 Å². The molecule has 2 nitrogen and oxygen atoms in total. The molecule has 0 bridgehead atoms. The molecule has 1 atom stereocenters. The summed E-state index contributed by atoms with van der Waals surface area (Å²) in [5.74, 6) is 0. The van der Waals surface area contributed by atoms with E-state index in [2.05, 4.69) is 24.5 Å². The molecule has 1 rings (SSSR count). The Kier molecular flexibility index (Phi) is 3.37. The van der Waals surface area contributed by atoms with Crippen molar-refractivity contribution in [3.8, 4) is 0 Å². The predicted molar refractivity (Wildman–Crippen MR) is 57.1 cm³/mol. The molecular formula is C8H15NOS2. The Bertz CT molecular complexity index is 233. The van der Waals surface area contributed by atoms with Crippen LogP contribution in [0.2, 0.25) is 0 Å². The van der Waals surface area contributed by atoms with Crippen LogP contribution in [0.25, 0.3) is 0 Å². The van der Waals surface area contributed by atoms with Gasteiger partial charge in [-0.05, 0) is 41.3 Å². The van der Waals surface area contributed by atoms with Crippen molar-refractivity contribution in [2.45, 2.75) is 26.4 Å². The van der Waals surface area contributed by atoms with Crippen molar-refractivity contribution in [3.63, 3.8) is 0 Å². The maximum Gasteiger partial charge on any atom is 0.0957 e. The lowest BCUT2D eigenvalue weighted by atomic mass is 10.1. The molecule has 0 amide bonds. The van der Waals surface area contributed by atoms with Gasteiger partial charge in [0, 0.05) is 24.0 Å². The number of ether oxygens (including phenoxy) is 1. The molecule has 0 aromatic rings. The zero-order chi connectivity index (χ0) is 9.19. The lowest BCUT2D eigenvalue weighted by Gasteiger charge is -2.24. The normalized spacial score (nSPS) is 23.7. The van der Waals surface area contributed by atoms with Crippen molar-refractivity contribution in [3.05, 3.63) is 11.1 Å². The highest BCUT2D eigenvalue weighted by Crippen LogP contribution is 2.37. The zero-order valence-corrected chi connectivity index (χ0v) is 9.59. The second-order valence-corrected chi connectivity index (χ2v) is 6.66. The summed E-state index contributed by atoms with van der Waals surface area (Å²) in [5, 5.41) is 0. The van der Waals surface area contributed by atoms with Crippen LogP contribution in [0, 0.1) is 0 Å². The fraction of sp³-hybridized carbons (Fsp3) is 0.750. The number of nitrogens with zero attached hydrogens (tertiary/aromatic N) is 1. The van der Waals surface area contributed by atoms with Crippen LogP contribution in [0.3, 0.4) is 0 Å². The zero-order valence-electron chi connectivity index (χ0n) is 7.96. The fourth-order valence-corrected chi connectivity index (χ4v) is 3.73. The van der Waals surface area contributed by atoms with Crippen LogP contribution in [0.4, 0.5) is 0 Å². The molecular weight excluding hydrogens is 190 g/mol. The Morgan fingerprint density at radius 2 is 2.33 bits per heavy atom. The van der Waals surface area contributed by atoms with Gasteiger partial charge >= 0.3 is 0 Å². The van der Waals surface area contributed by atoms with E-state index in [4.69, 9.17) is 4.74 Å². The number of hydrogen-bond donors (Lipinski definition) is 0. The Hall–Kier alpha value is 0.200. The van der Waals surface area contributed by atoms with Crippen molar-refractivity contribution in [1.82, 2.24) is 0 Å². The maximum absolute atomic E-state index is 5.62. The molecule has 0 saturated heterocycles. The molecule has 12 heavy (non-hydrogen) atoms. The smallest absolute Gasteiger partial charge is 0.0957 e. The first-order valence-electron chi connectivity index (χ1n) is 3.96. The minimum absolute atomic E-state index is 0.116. The summed E-state index contributed by atoms with van der Waals surface area (Å²) < 4.78 is 9.93. The van der Waals surface area contributed by atoms with Crippen LogP contribution in [-0.2, 0) is 14.5 Å². The molecule has 0 saturated carbocycles. The van der Waals surface area contributed by atoms with Gasteiger partial charge in [0.05, 0.1) is 5.60 Å². The van der Waals surface area contributed by atoms with Crippen LogP contribution < -0.4 is 0 Å². The van der Waals surface area contributed by atoms with E-state index in [9.17, 15) is 0 Å². The van der Waals surface area contributed by atoms with Crippen molar-refractivity contribution in [2.24, 2.45) is 4.36 Å². The second kappa shape index (κ2) is 3.94. The van der Waals surface area contributed by atoms with E-state index in [1.807, 2.05) is 23.9 Å². The molecule has 1 aliphatic heterocycles. The van der Waals surface area contributed by atoms with E-state index >= 15 is 0 Å². The molecule has 1 heterocycles. The van der Waals surface area contributed by atoms with Crippen LogP contribution in [0.1, 0.15) is 20.8 Å². The summed E-state index contributed by atoms with van der Waals surface area (Å²) in [7, 11) is 1.93. The molecule has 0 radical (unpaired) electrons. The largest absolute Gasteiger partial charge is 0.371 e. The summed E-state index contributed by atoms with van der Waals surface area (Å²) in [6, 6.07) is 0. The highest BCUT2D eigenvalue weighted by Gasteiger charge is 2.26. The Morgan fingerprint density at radius 1 is 1.67 bits per heavy atom. The first-order chi connectivity index (χ1) is 5.56. The van der Waals surface area contributed by atoms with E-state index in [-0.39, 0.29) is 15.3 Å². The second-order valence-electron chi connectivity index (χ2n) is 3.05. The first kappa shape index (κ1) is 10.3. The average molecular weight is 205 g/mol. The molecule has 0 N–H and O–H groups in total. The molecule has 0 aliphatic carbocycles. The van der Waals surface area contributed by atoms with Gasteiger partial charge in [-0.1, -0.05) is 0 Å². The average Bonchev–Trinajstić information content (AvgIpc) is 2.36. The summed E-state index contributed by atoms with van der Waals surface area (Å²) in [5.41, 5.74) is -0.152. The minimum Gasteiger partial charge on any atom is -0.371 e. The van der Waals surface area contributed by atoms with Gasteiger partial charge in [-0.2, -0.15) is 0 Å². The highest BCUT2D eigenvalue weighted by molar-refractivity contribution is 8.71. The Labute approximate surface area is 80.3 Å². The van der Waals surface area contributed by atoms with Crippen molar-refractivity contribution >= 4 is 20.5 Å². The van der Waals surface area contributed by atoms with Crippen LogP contribution >= 0.6 is 10.8 Å². The van der Waals surface area contributed by atoms with E-state index in [0.717, 1.165) is 6.61 Å². The van der Waals surface area contributed by atoms with Crippen LogP contribution in [0.15, 0.2) is 15.5 Å². The monoisotopic (exact) mass is 205 g/mol. The summed E-state index contributed by atoms with van der Waals surface area (Å²) in [6.07, 6.45) is 4.07. The van der Waals surface area contributed by atoms with Crippen molar-refractivity contribution in [1.29, 1.82) is 0 Å². The van der Waals surface area contributed by atoms with Crippen LogP contribution in [0.5, 0.6) is 0 Å². The van der Waals surface area contributed by atoms with Crippen molar-refractivity contribution < 1.29 is 4.74 Å². The predicted octanol–water partition coefficient (Wildman–Crippen LogP) is 2.74. The van der Waals surface area contributed by atoms with Crippen molar-refractivity contribution in [2.75, 3.05) is 12.9 Å².